The molecular formula is C17H13N3O3. The summed E-state index contributed by atoms with van der Waals surface area (Å²) in [5, 5.41) is 16.3. The number of nitrogens with zero attached hydrogens (tertiary/aromatic N) is 3. The maximum Gasteiger partial charge on any atom is 0.261 e. The van der Waals surface area contributed by atoms with E-state index in [4.69, 9.17) is 0 Å². The van der Waals surface area contributed by atoms with Gasteiger partial charge in [-0.05, 0) is 23.1 Å². The number of para-hydroxylation sites is 1. The third kappa shape index (κ3) is 2.74. The Balaban J connectivity index is 2.06. The molecule has 0 N–H and O–H groups in total. The van der Waals surface area contributed by atoms with E-state index in [9.17, 15) is 14.8 Å². The summed E-state index contributed by atoms with van der Waals surface area (Å²) in [5.74, 6) is -0.840. The topological polar surface area (TPSA) is 75.8 Å². The van der Waals surface area contributed by atoms with Crippen LogP contribution in [0, 0.1) is 5.21 Å². The number of imide groups is 1. The van der Waals surface area contributed by atoms with Crippen molar-refractivity contribution in [2.45, 2.75) is 0 Å². The monoisotopic (exact) mass is 307 g/mol. The lowest BCUT2D eigenvalue weighted by Crippen LogP contribution is -2.25. The second kappa shape index (κ2) is 5.84. The molecule has 0 aromatic heterocycles. The van der Waals surface area contributed by atoms with Crippen LogP contribution in [0.2, 0.25) is 0 Å². The van der Waals surface area contributed by atoms with Crippen molar-refractivity contribution in [2.75, 3.05) is 7.05 Å². The van der Waals surface area contributed by atoms with Gasteiger partial charge in [0.05, 0.1) is 11.1 Å². The number of hydrogen-bond donors (Lipinski definition) is 0. The van der Waals surface area contributed by atoms with Gasteiger partial charge in [-0.1, -0.05) is 30.3 Å². The lowest BCUT2D eigenvalue weighted by atomic mass is 10.0. The van der Waals surface area contributed by atoms with Gasteiger partial charge >= 0.3 is 0 Å². The Bertz CT molecular complexity index is 841. The average molecular weight is 307 g/mol. The molecule has 114 valence electrons. The van der Waals surface area contributed by atoms with E-state index < -0.39 is 11.8 Å². The van der Waals surface area contributed by atoms with Crippen molar-refractivity contribution in [1.29, 1.82) is 0 Å². The van der Waals surface area contributed by atoms with Gasteiger partial charge in [-0.2, -0.15) is 0 Å². The summed E-state index contributed by atoms with van der Waals surface area (Å²) in [6, 6.07) is 15.3. The number of hydrogen-bond acceptors (Lipinski definition) is 4. The third-order valence-electron chi connectivity index (χ3n) is 3.50. The molecule has 6 heteroatoms. The van der Waals surface area contributed by atoms with Crippen LogP contribution in [0.25, 0.3) is 5.57 Å². The second-order valence-electron chi connectivity index (χ2n) is 4.99. The molecule has 0 unspecified atom stereocenters. The van der Waals surface area contributed by atoms with Crippen LogP contribution in [0.15, 0.2) is 65.8 Å². The number of carbonyl (C=O) groups is 2. The fourth-order valence-corrected chi connectivity index (χ4v) is 2.28. The average Bonchev–Trinajstić information content (AvgIpc) is 2.83. The molecular weight excluding hydrogens is 294 g/mol. The van der Waals surface area contributed by atoms with E-state index in [0.717, 1.165) is 4.90 Å². The third-order valence-corrected chi connectivity index (χ3v) is 3.50. The molecule has 2 amide bonds. The van der Waals surface area contributed by atoms with E-state index >= 15 is 0 Å². The predicted octanol–water partition coefficient (Wildman–Crippen LogP) is 2.99. The highest BCUT2D eigenvalue weighted by atomic mass is 16.5. The largest absolute Gasteiger partial charge is 0.594 e. The Morgan fingerprint density at radius 3 is 2.30 bits per heavy atom. The van der Waals surface area contributed by atoms with Crippen molar-refractivity contribution in [3.05, 3.63) is 71.4 Å². The van der Waals surface area contributed by atoms with E-state index in [1.807, 2.05) is 6.07 Å². The molecule has 0 spiro atoms. The van der Waals surface area contributed by atoms with Crippen molar-refractivity contribution in [2.24, 2.45) is 5.11 Å². The highest BCUT2D eigenvalue weighted by Gasteiger charge is 2.31. The second-order valence-corrected chi connectivity index (χ2v) is 4.99. The van der Waals surface area contributed by atoms with Crippen LogP contribution in [0.1, 0.15) is 5.56 Å². The van der Waals surface area contributed by atoms with Gasteiger partial charge in [0.25, 0.3) is 17.5 Å². The van der Waals surface area contributed by atoms with Crippen molar-refractivity contribution in [3.8, 4) is 0 Å². The summed E-state index contributed by atoms with van der Waals surface area (Å²) >= 11 is 0. The smallest absolute Gasteiger partial charge is 0.261 e. The number of carbonyl (C=O) groups excluding carboxylic acids is 2. The molecule has 1 heterocycles. The molecule has 2 aromatic carbocycles. The van der Waals surface area contributed by atoms with Crippen LogP contribution in [-0.2, 0) is 9.59 Å². The summed E-state index contributed by atoms with van der Waals surface area (Å²) in [5.41, 5.74) is 1.28. The van der Waals surface area contributed by atoms with Crippen molar-refractivity contribution < 1.29 is 14.4 Å². The summed E-state index contributed by atoms with van der Waals surface area (Å²) < 4.78 is 0. The number of benzene rings is 2. The summed E-state index contributed by atoms with van der Waals surface area (Å²) in [4.78, 5) is 25.3. The van der Waals surface area contributed by atoms with Gasteiger partial charge in [-0.3, -0.25) is 14.5 Å². The summed E-state index contributed by atoms with van der Waals surface area (Å²) in [6.07, 6.45) is 1.23. The fourth-order valence-electron chi connectivity index (χ4n) is 2.28. The number of likely N-dealkylation sites (N-methyl/N-ethyl adjacent to an activating group) is 1. The molecule has 0 fully saturated rings. The minimum atomic E-state index is -0.435. The Hall–Kier alpha value is -3.28. The maximum atomic E-state index is 12.4. The molecule has 0 atom stereocenters. The maximum absolute atomic E-state index is 12.4. The Morgan fingerprint density at radius 1 is 1.00 bits per heavy atom. The van der Waals surface area contributed by atoms with Crippen molar-refractivity contribution in [3.63, 3.8) is 0 Å². The first-order valence-corrected chi connectivity index (χ1v) is 6.95. The number of rotatable bonds is 3. The molecule has 0 saturated carbocycles. The van der Waals surface area contributed by atoms with Crippen LogP contribution >= 0.6 is 0 Å². The van der Waals surface area contributed by atoms with Crippen molar-refractivity contribution >= 4 is 28.8 Å². The lowest BCUT2D eigenvalue weighted by molar-refractivity contribution is -0.435. The van der Waals surface area contributed by atoms with Gasteiger partial charge in [0.15, 0.2) is 0 Å². The molecule has 0 saturated heterocycles. The normalized spacial score (nSPS) is 15.1. The minimum Gasteiger partial charge on any atom is -0.594 e. The summed E-state index contributed by atoms with van der Waals surface area (Å²) in [6.45, 7) is 0. The van der Waals surface area contributed by atoms with Crippen molar-refractivity contribution in [1.82, 2.24) is 4.90 Å². The van der Waals surface area contributed by atoms with Gasteiger partial charge in [-0.25, -0.2) is 0 Å². The molecule has 0 bridgehead atoms. The van der Waals surface area contributed by atoms with Crippen LogP contribution in [0.4, 0.5) is 11.4 Å². The van der Waals surface area contributed by atoms with Crippen LogP contribution < -0.4 is 0 Å². The lowest BCUT2D eigenvalue weighted by Gasteiger charge is -2.09. The van der Waals surface area contributed by atoms with Crippen LogP contribution in [0.3, 0.4) is 0 Å². The first kappa shape index (κ1) is 14.6. The fraction of sp³-hybridized carbons (Fsp3) is 0.0588. The first-order chi connectivity index (χ1) is 11.1. The van der Waals surface area contributed by atoms with Gasteiger partial charge in [0.2, 0.25) is 0 Å². The minimum absolute atomic E-state index is 0.192. The Labute approximate surface area is 132 Å². The van der Waals surface area contributed by atoms with E-state index in [-0.39, 0.29) is 11.3 Å². The number of azo groups is 1. The van der Waals surface area contributed by atoms with E-state index in [1.54, 1.807) is 48.5 Å². The molecule has 3 rings (SSSR count). The molecule has 1 aliphatic heterocycles. The Morgan fingerprint density at radius 2 is 1.65 bits per heavy atom. The zero-order chi connectivity index (χ0) is 16.4. The van der Waals surface area contributed by atoms with Gasteiger partial charge in [-0.15, -0.1) is 0 Å². The SMILES string of the molecule is CN1C(=O)C=C(c2ccccc2[N+]([O-])=Nc2ccccc2)C1=O. The predicted molar refractivity (Wildman–Crippen MR) is 84.0 cm³/mol. The number of amides is 2. The zero-order valence-electron chi connectivity index (χ0n) is 12.3. The van der Waals surface area contributed by atoms with Gasteiger partial charge in [0.1, 0.15) is 5.69 Å². The van der Waals surface area contributed by atoms with E-state index in [2.05, 4.69) is 5.11 Å². The Kier molecular flexibility index (Phi) is 3.72. The van der Waals surface area contributed by atoms with Gasteiger partial charge in [0, 0.05) is 24.3 Å². The first-order valence-electron chi connectivity index (χ1n) is 6.95. The molecule has 6 nitrogen and oxygen atoms in total. The van der Waals surface area contributed by atoms with Crippen LogP contribution in [0.5, 0.6) is 0 Å². The van der Waals surface area contributed by atoms with E-state index in [0.29, 0.717) is 16.1 Å². The molecule has 0 radical (unpaired) electrons. The standard InChI is InChI=1S/C17H13N3O3/c1-19-16(21)11-14(17(19)22)13-9-5-6-10-15(13)20(23)18-12-7-3-2-4-8-12/h2-11H,1H3. The highest BCUT2D eigenvalue weighted by Crippen LogP contribution is 2.31. The zero-order valence-corrected chi connectivity index (χ0v) is 12.3. The summed E-state index contributed by atoms with van der Waals surface area (Å²) in [7, 11) is 1.40. The molecule has 0 aliphatic carbocycles. The van der Waals surface area contributed by atoms with Crippen LogP contribution in [-0.4, -0.2) is 28.6 Å². The highest BCUT2D eigenvalue weighted by molar-refractivity contribution is 6.33. The molecule has 1 aliphatic rings. The molecule has 2 aromatic rings. The molecule has 23 heavy (non-hydrogen) atoms. The quantitative estimate of drug-likeness (QED) is 0.378. The van der Waals surface area contributed by atoms with Gasteiger partial charge < -0.3 is 5.21 Å². The van der Waals surface area contributed by atoms with E-state index in [1.165, 1.54) is 13.1 Å².